The van der Waals surface area contributed by atoms with Crippen molar-refractivity contribution in [2.75, 3.05) is 18.1 Å². The Morgan fingerprint density at radius 3 is 2.61 bits per heavy atom. The zero-order valence-corrected chi connectivity index (χ0v) is 20.9. The van der Waals surface area contributed by atoms with Gasteiger partial charge >= 0.3 is 0 Å². The topological polar surface area (TPSA) is 87.1 Å². The molecule has 188 valence electrons. The van der Waals surface area contributed by atoms with Crippen LogP contribution in [0.15, 0.2) is 65.3 Å². The monoisotopic (exact) mass is 507 g/mol. The number of allylic oxidation sites excluding steroid dienone is 1. The second-order valence-corrected chi connectivity index (χ2v) is 10.1. The molecule has 0 bridgehead atoms. The molecule has 6 nitrogen and oxygen atoms in total. The number of benzene rings is 2. The Bertz CT molecular complexity index is 1240. The number of fused-ring (bicyclic) bond motifs is 3. The fraction of sp³-hybridized carbons (Fsp3) is 0.379. The smallest absolute Gasteiger partial charge is 0.238 e. The van der Waals surface area contributed by atoms with Gasteiger partial charge in [-0.15, -0.1) is 0 Å². The van der Waals surface area contributed by atoms with Gasteiger partial charge in [-0.1, -0.05) is 48.4 Å². The Labute approximate surface area is 215 Å². The number of rotatable bonds is 7. The Morgan fingerprint density at radius 2 is 1.92 bits per heavy atom. The average Bonchev–Trinajstić information content (AvgIpc) is 3.41. The first kappa shape index (κ1) is 24.8. The van der Waals surface area contributed by atoms with Crippen LogP contribution in [0, 0.1) is 17.8 Å². The zero-order valence-electron chi connectivity index (χ0n) is 20.2. The number of imide groups is 1. The largest absolute Gasteiger partial charge is 0.508 e. The minimum Gasteiger partial charge on any atom is -0.508 e. The number of amides is 2. The number of nitrogens with zero attached hydrogens (tertiary/aromatic N) is 1. The number of hydrogen-bond acceptors (Lipinski definition) is 5. The van der Waals surface area contributed by atoms with Crippen LogP contribution in [-0.2, 0) is 14.3 Å². The Kier molecular flexibility index (Phi) is 7.02. The van der Waals surface area contributed by atoms with Gasteiger partial charge in [-0.3, -0.25) is 14.5 Å². The van der Waals surface area contributed by atoms with Crippen molar-refractivity contribution >= 4 is 35.2 Å². The molecule has 7 heteroatoms. The van der Waals surface area contributed by atoms with E-state index in [9.17, 15) is 19.8 Å². The summed E-state index contributed by atoms with van der Waals surface area (Å²) in [4.78, 5) is 28.1. The van der Waals surface area contributed by atoms with Crippen molar-refractivity contribution in [2.45, 2.75) is 38.7 Å². The third-order valence-electron chi connectivity index (χ3n) is 7.74. The minimum absolute atomic E-state index is 0.130. The molecule has 0 unspecified atom stereocenters. The van der Waals surface area contributed by atoms with Gasteiger partial charge < -0.3 is 14.9 Å². The van der Waals surface area contributed by atoms with Crippen LogP contribution in [0.1, 0.15) is 38.2 Å². The number of phenols is 1. The minimum atomic E-state index is -0.460. The SMILES string of the molecule is CC/C(=C\c1ccc(O)cc1Cl)CC[C@H]1OC[C@H]2C1=C(CO)C[C@H]1C(=O)N(c3ccccc3)C(=O)[C@H]12. The summed E-state index contributed by atoms with van der Waals surface area (Å²) in [6.07, 6.45) is 4.56. The molecule has 2 heterocycles. The van der Waals surface area contributed by atoms with Crippen molar-refractivity contribution in [2.24, 2.45) is 17.8 Å². The molecule has 2 saturated heterocycles. The van der Waals surface area contributed by atoms with Crippen molar-refractivity contribution in [3.8, 4) is 5.75 Å². The molecule has 2 aromatic carbocycles. The van der Waals surface area contributed by atoms with E-state index in [1.807, 2.05) is 24.3 Å². The van der Waals surface area contributed by atoms with Gasteiger partial charge in [-0.05, 0) is 72.7 Å². The molecule has 1 aliphatic carbocycles. The van der Waals surface area contributed by atoms with Crippen molar-refractivity contribution in [1.82, 2.24) is 0 Å². The predicted octanol–water partition coefficient (Wildman–Crippen LogP) is 5.13. The van der Waals surface area contributed by atoms with Crippen molar-refractivity contribution in [3.05, 3.63) is 75.8 Å². The van der Waals surface area contributed by atoms with Crippen LogP contribution < -0.4 is 4.90 Å². The first-order valence-corrected chi connectivity index (χ1v) is 12.9. The van der Waals surface area contributed by atoms with E-state index in [0.717, 1.165) is 29.6 Å². The number of aliphatic hydroxyl groups excluding tert-OH is 1. The molecule has 2 fully saturated rings. The van der Waals surface area contributed by atoms with E-state index >= 15 is 0 Å². The maximum atomic E-state index is 13.5. The van der Waals surface area contributed by atoms with Crippen molar-refractivity contribution < 1.29 is 24.5 Å². The van der Waals surface area contributed by atoms with Crippen LogP contribution in [0.4, 0.5) is 5.69 Å². The summed E-state index contributed by atoms with van der Waals surface area (Å²) in [5, 5.41) is 20.3. The van der Waals surface area contributed by atoms with Gasteiger partial charge in [0, 0.05) is 5.92 Å². The average molecular weight is 508 g/mol. The third kappa shape index (κ3) is 4.38. The summed E-state index contributed by atoms with van der Waals surface area (Å²) in [6.45, 7) is 2.33. The molecule has 36 heavy (non-hydrogen) atoms. The summed E-state index contributed by atoms with van der Waals surface area (Å²) in [7, 11) is 0. The number of aliphatic hydroxyl groups is 1. The van der Waals surface area contributed by atoms with Crippen LogP contribution in [-0.4, -0.2) is 41.3 Å². The predicted molar refractivity (Wildman–Crippen MR) is 138 cm³/mol. The maximum absolute atomic E-state index is 13.5. The number of halogens is 1. The molecule has 4 atom stereocenters. The van der Waals surface area contributed by atoms with Crippen LogP contribution in [0.25, 0.3) is 6.08 Å². The number of phenolic OH excluding ortho intramolecular Hbond substituents is 1. The zero-order chi connectivity index (χ0) is 25.4. The lowest BCUT2D eigenvalue weighted by molar-refractivity contribution is -0.122. The lowest BCUT2D eigenvalue weighted by atomic mass is 9.69. The molecule has 2 aliphatic heterocycles. The summed E-state index contributed by atoms with van der Waals surface area (Å²) in [5.74, 6) is -1.33. The van der Waals surface area contributed by atoms with Gasteiger partial charge in [0.15, 0.2) is 0 Å². The fourth-order valence-electron chi connectivity index (χ4n) is 5.97. The second kappa shape index (κ2) is 10.2. The standard InChI is InChI=1S/C29H30ClNO5/c1-2-17(12-18-9-10-21(33)14-24(18)30)8-11-25-26-19(15-32)13-22-27(23(26)16-36-25)29(35)31(28(22)34)20-6-4-3-5-7-20/h3-7,9-10,12,14,22-23,25,27,32-33H,2,8,11,13,15-16H2,1H3/b17-12+/t22-,23+,25-,27-/m1/s1. The van der Waals surface area contributed by atoms with Crippen molar-refractivity contribution in [3.63, 3.8) is 0 Å². The van der Waals surface area contributed by atoms with Gasteiger partial charge in [-0.25, -0.2) is 0 Å². The molecule has 0 spiro atoms. The van der Waals surface area contributed by atoms with E-state index < -0.39 is 11.8 Å². The number of anilines is 1. The highest BCUT2D eigenvalue weighted by molar-refractivity contribution is 6.32. The summed E-state index contributed by atoms with van der Waals surface area (Å²) < 4.78 is 6.21. The Morgan fingerprint density at radius 1 is 1.14 bits per heavy atom. The number of hydrogen-bond donors (Lipinski definition) is 2. The molecule has 0 saturated carbocycles. The van der Waals surface area contributed by atoms with Gasteiger partial charge in [-0.2, -0.15) is 0 Å². The second-order valence-electron chi connectivity index (χ2n) is 9.73. The van der Waals surface area contributed by atoms with Gasteiger partial charge in [0.2, 0.25) is 11.8 Å². The molecule has 2 N–H and O–H groups in total. The van der Waals surface area contributed by atoms with E-state index in [0.29, 0.717) is 30.2 Å². The molecule has 5 rings (SSSR count). The highest BCUT2D eigenvalue weighted by Crippen LogP contribution is 2.50. The number of ether oxygens (including phenoxy) is 1. The van der Waals surface area contributed by atoms with Gasteiger partial charge in [0.1, 0.15) is 5.75 Å². The summed E-state index contributed by atoms with van der Waals surface area (Å²) >= 11 is 6.29. The third-order valence-corrected chi connectivity index (χ3v) is 8.07. The van der Waals surface area contributed by atoms with Crippen LogP contribution in [0.3, 0.4) is 0 Å². The normalized spacial score (nSPS) is 26.0. The number of carbonyl (C=O) groups excluding carboxylic acids is 2. The highest BCUT2D eigenvalue weighted by Gasteiger charge is 2.57. The highest BCUT2D eigenvalue weighted by atomic mass is 35.5. The first-order chi connectivity index (χ1) is 17.4. The van der Waals surface area contributed by atoms with E-state index in [4.69, 9.17) is 16.3 Å². The summed E-state index contributed by atoms with van der Waals surface area (Å²) in [5.41, 5.74) is 4.48. The van der Waals surface area contributed by atoms with Gasteiger partial charge in [0.25, 0.3) is 0 Å². The molecule has 2 amide bonds. The lowest BCUT2D eigenvalue weighted by Crippen LogP contribution is -2.35. The lowest BCUT2D eigenvalue weighted by Gasteiger charge is -2.31. The van der Waals surface area contributed by atoms with Gasteiger partial charge in [0.05, 0.1) is 41.9 Å². The molecule has 3 aliphatic rings. The number of carbonyl (C=O) groups is 2. The molecular formula is C29H30ClNO5. The van der Waals surface area contributed by atoms with Crippen LogP contribution >= 0.6 is 11.6 Å². The quantitative estimate of drug-likeness (QED) is 0.400. The molecule has 2 aromatic rings. The van der Waals surface area contributed by atoms with E-state index in [2.05, 4.69) is 6.92 Å². The van der Waals surface area contributed by atoms with E-state index in [1.54, 1.807) is 24.3 Å². The van der Waals surface area contributed by atoms with E-state index in [1.165, 1.54) is 16.5 Å². The number of aromatic hydroxyl groups is 1. The van der Waals surface area contributed by atoms with Crippen LogP contribution in [0.5, 0.6) is 5.75 Å². The first-order valence-electron chi connectivity index (χ1n) is 12.5. The molecule has 0 radical (unpaired) electrons. The maximum Gasteiger partial charge on any atom is 0.238 e. The number of para-hydroxylation sites is 1. The summed E-state index contributed by atoms with van der Waals surface area (Å²) in [6, 6.07) is 14.0. The fourth-order valence-corrected chi connectivity index (χ4v) is 6.20. The van der Waals surface area contributed by atoms with Crippen molar-refractivity contribution in [1.29, 1.82) is 0 Å². The van der Waals surface area contributed by atoms with Crippen LogP contribution in [0.2, 0.25) is 5.02 Å². The van der Waals surface area contributed by atoms with E-state index in [-0.39, 0.29) is 36.2 Å². The Balaban J connectivity index is 1.36. The molecular weight excluding hydrogens is 478 g/mol. The Hall–Kier alpha value is -2.93. The molecule has 0 aromatic heterocycles.